The van der Waals surface area contributed by atoms with E-state index < -0.39 is 37.9 Å². The Morgan fingerprint density at radius 2 is 1.60 bits per heavy atom. The number of nitrogens with two attached hydrogens (primary N) is 1. The van der Waals surface area contributed by atoms with Crippen molar-refractivity contribution in [2.24, 2.45) is 5.14 Å². The van der Waals surface area contributed by atoms with Crippen LogP contribution < -0.4 is 10.0 Å². The smallest absolute Gasteiger partial charge is 0.252 e. The van der Waals surface area contributed by atoms with Crippen molar-refractivity contribution in [3.63, 3.8) is 0 Å². The van der Waals surface area contributed by atoms with Crippen LogP contribution in [-0.2, 0) is 29.6 Å². The summed E-state index contributed by atoms with van der Waals surface area (Å²) in [7, 11) is -8.01. The Labute approximate surface area is 174 Å². The van der Waals surface area contributed by atoms with Crippen molar-refractivity contribution >= 4 is 37.5 Å². The minimum atomic E-state index is -4.07. The molecule has 1 fully saturated rings. The summed E-state index contributed by atoms with van der Waals surface area (Å²) in [5, 5.41) is 5.06. The predicted molar refractivity (Wildman–Crippen MR) is 109 cm³/mol. The highest BCUT2D eigenvalue weighted by Crippen LogP contribution is 2.29. The maximum atomic E-state index is 13.1. The molecule has 0 bridgehead atoms. The molecule has 2 N–H and O–H groups in total. The van der Waals surface area contributed by atoms with Crippen LogP contribution in [0, 0.1) is 0 Å². The number of carbonyl (C=O) groups excluding carboxylic acids is 2. The standard InChI is InChI=1S/C19H19N3O6S2/c1-2-12-21(30(27,28)16-6-4-3-5-7-16)17-13-18(23)22(19(17)24)14-8-10-15(11-9-14)29(20,25)26/h2-11,17H,1,12-13H2,(H2,20,25,26). The molecule has 1 heterocycles. The number of imide groups is 1. The minimum Gasteiger partial charge on any atom is -0.274 e. The van der Waals surface area contributed by atoms with Crippen molar-refractivity contribution in [2.75, 3.05) is 11.4 Å². The fraction of sp³-hybridized carbons (Fsp3) is 0.158. The molecule has 1 saturated heterocycles. The van der Waals surface area contributed by atoms with Crippen molar-refractivity contribution in [3.8, 4) is 0 Å². The number of anilines is 1. The molecular weight excluding hydrogens is 430 g/mol. The van der Waals surface area contributed by atoms with Gasteiger partial charge < -0.3 is 0 Å². The third-order valence-electron chi connectivity index (χ3n) is 4.55. The molecule has 158 valence electrons. The Balaban J connectivity index is 1.96. The van der Waals surface area contributed by atoms with Gasteiger partial charge in [-0.3, -0.25) is 9.59 Å². The van der Waals surface area contributed by atoms with Gasteiger partial charge in [0.25, 0.3) is 5.91 Å². The van der Waals surface area contributed by atoms with Gasteiger partial charge in [-0.25, -0.2) is 26.9 Å². The highest BCUT2D eigenvalue weighted by atomic mass is 32.2. The largest absolute Gasteiger partial charge is 0.274 e. The van der Waals surface area contributed by atoms with Crippen LogP contribution in [0.4, 0.5) is 5.69 Å². The topological polar surface area (TPSA) is 135 Å². The predicted octanol–water partition coefficient (Wildman–Crippen LogP) is 0.843. The van der Waals surface area contributed by atoms with Gasteiger partial charge in [0.15, 0.2) is 0 Å². The van der Waals surface area contributed by atoms with Crippen LogP contribution in [0.15, 0.2) is 77.0 Å². The molecule has 0 aromatic heterocycles. The second-order valence-corrected chi connectivity index (χ2v) is 9.95. The van der Waals surface area contributed by atoms with E-state index in [9.17, 15) is 26.4 Å². The van der Waals surface area contributed by atoms with Gasteiger partial charge in [-0.05, 0) is 36.4 Å². The van der Waals surface area contributed by atoms with Gasteiger partial charge in [0.1, 0.15) is 6.04 Å². The summed E-state index contributed by atoms with van der Waals surface area (Å²) in [5.41, 5.74) is 0.121. The van der Waals surface area contributed by atoms with Crippen LogP contribution >= 0.6 is 0 Å². The minimum absolute atomic E-state index is 0.0111. The second kappa shape index (κ2) is 8.11. The Kier molecular flexibility index (Phi) is 5.90. The molecule has 1 unspecified atom stereocenters. The van der Waals surface area contributed by atoms with Crippen molar-refractivity contribution in [2.45, 2.75) is 22.3 Å². The zero-order chi connectivity index (χ0) is 22.1. The molecule has 9 nitrogen and oxygen atoms in total. The van der Waals surface area contributed by atoms with Gasteiger partial charge in [-0.1, -0.05) is 24.3 Å². The van der Waals surface area contributed by atoms with Crippen LogP contribution in [0.5, 0.6) is 0 Å². The van der Waals surface area contributed by atoms with E-state index in [-0.39, 0.29) is 28.4 Å². The van der Waals surface area contributed by atoms with E-state index in [4.69, 9.17) is 5.14 Å². The van der Waals surface area contributed by atoms with E-state index in [0.29, 0.717) is 0 Å². The molecule has 0 spiro atoms. The summed E-state index contributed by atoms with van der Waals surface area (Å²) in [6.45, 7) is 3.38. The van der Waals surface area contributed by atoms with Crippen LogP contribution in [0.2, 0.25) is 0 Å². The van der Waals surface area contributed by atoms with Crippen molar-refractivity contribution < 1.29 is 26.4 Å². The molecule has 2 amide bonds. The molecule has 2 aromatic rings. The molecule has 1 aliphatic heterocycles. The van der Waals surface area contributed by atoms with Gasteiger partial charge in [-0.2, -0.15) is 4.31 Å². The number of sulfonamides is 2. The summed E-state index contributed by atoms with van der Waals surface area (Å²) >= 11 is 0. The van der Waals surface area contributed by atoms with E-state index in [1.807, 2.05) is 0 Å². The lowest BCUT2D eigenvalue weighted by Crippen LogP contribution is -2.45. The Morgan fingerprint density at radius 3 is 2.13 bits per heavy atom. The van der Waals surface area contributed by atoms with Gasteiger partial charge in [-0.15, -0.1) is 6.58 Å². The molecule has 3 rings (SSSR count). The molecule has 0 aliphatic carbocycles. The summed E-state index contributed by atoms with van der Waals surface area (Å²) in [6, 6.07) is 11.2. The second-order valence-electron chi connectivity index (χ2n) is 6.50. The first-order valence-electron chi connectivity index (χ1n) is 8.75. The van der Waals surface area contributed by atoms with Crippen LogP contribution in [0.25, 0.3) is 0 Å². The molecule has 2 aromatic carbocycles. The highest BCUT2D eigenvalue weighted by molar-refractivity contribution is 7.89. The van der Waals surface area contributed by atoms with Gasteiger partial charge in [0, 0.05) is 6.54 Å². The molecular formula is C19H19N3O6S2. The van der Waals surface area contributed by atoms with E-state index in [2.05, 4.69) is 6.58 Å². The first-order chi connectivity index (χ1) is 14.1. The average molecular weight is 450 g/mol. The van der Waals surface area contributed by atoms with Gasteiger partial charge in [0.05, 0.1) is 21.9 Å². The number of rotatable bonds is 7. The van der Waals surface area contributed by atoms with Crippen LogP contribution in [0.1, 0.15) is 6.42 Å². The molecule has 1 aliphatic rings. The number of hydrogen-bond donors (Lipinski definition) is 1. The first kappa shape index (κ1) is 21.8. The Bertz CT molecular complexity index is 1190. The van der Waals surface area contributed by atoms with E-state index in [0.717, 1.165) is 9.21 Å². The number of amides is 2. The fourth-order valence-corrected chi connectivity index (χ4v) is 5.23. The molecule has 1 atom stereocenters. The Morgan fingerprint density at radius 1 is 1.00 bits per heavy atom. The zero-order valence-corrected chi connectivity index (χ0v) is 17.3. The monoisotopic (exact) mass is 449 g/mol. The molecule has 11 heteroatoms. The van der Waals surface area contributed by atoms with E-state index in [1.54, 1.807) is 18.2 Å². The van der Waals surface area contributed by atoms with Crippen molar-refractivity contribution in [1.29, 1.82) is 0 Å². The van der Waals surface area contributed by atoms with E-state index >= 15 is 0 Å². The lowest BCUT2D eigenvalue weighted by Gasteiger charge is -2.25. The highest BCUT2D eigenvalue weighted by Gasteiger charge is 2.46. The summed E-state index contributed by atoms with van der Waals surface area (Å²) in [5.74, 6) is -1.34. The number of benzene rings is 2. The number of primary sulfonamides is 1. The third-order valence-corrected chi connectivity index (χ3v) is 7.37. The summed E-state index contributed by atoms with van der Waals surface area (Å²) in [4.78, 5) is 26.2. The summed E-state index contributed by atoms with van der Waals surface area (Å²) < 4.78 is 49.9. The zero-order valence-electron chi connectivity index (χ0n) is 15.7. The van der Waals surface area contributed by atoms with Crippen LogP contribution in [-0.4, -0.2) is 45.5 Å². The van der Waals surface area contributed by atoms with Gasteiger partial charge >= 0.3 is 0 Å². The number of hydrogen-bond acceptors (Lipinski definition) is 6. The van der Waals surface area contributed by atoms with Crippen molar-refractivity contribution in [1.82, 2.24) is 4.31 Å². The SMILES string of the molecule is C=CCN(C1CC(=O)N(c2ccc(S(N)(=O)=O)cc2)C1=O)S(=O)(=O)c1ccccc1. The lowest BCUT2D eigenvalue weighted by atomic mass is 10.2. The van der Waals surface area contributed by atoms with Crippen LogP contribution in [0.3, 0.4) is 0 Å². The molecule has 30 heavy (non-hydrogen) atoms. The molecule has 0 saturated carbocycles. The summed E-state index contributed by atoms with van der Waals surface area (Å²) in [6.07, 6.45) is 0.984. The quantitative estimate of drug-likeness (QED) is 0.492. The number of carbonyl (C=O) groups is 2. The third kappa shape index (κ3) is 4.05. The normalized spacial score (nSPS) is 17.5. The lowest BCUT2D eigenvalue weighted by molar-refractivity contribution is -0.122. The average Bonchev–Trinajstić information content (AvgIpc) is 2.99. The van der Waals surface area contributed by atoms with Crippen molar-refractivity contribution in [3.05, 3.63) is 67.3 Å². The number of nitrogens with zero attached hydrogens (tertiary/aromatic N) is 2. The fourth-order valence-electron chi connectivity index (χ4n) is 3.15. The van der Waals surface area contributed by atoms with E-state index in [1.165, 1.54) is 42.5 Å². The maximum Gasteiger partial charge on any atom is 0.252 e. The van der Waals surface area contributed by atoms with Gasteiger partial charge in [0.2, 0.25) is 26.0 Å². The molecule has 0 radical (unpaired) electrons. The first-order valence-corrected chi connectivity index (χ1v) is 11.7. The Hall–Kier alpha value is -2.86. The maximum absolute atomic E-state index is 13.1.